The summed E-state index contributed by atoms with van der Waals surface area (Å²) in [7, 11) is 1.46. The minimum absolute atomic E-state index is 0.0834. The van der Waals surface area contributed by atoms with Crippen LogP contribution in [0, 0.1) is 11.3 Å². The molecule has 1 saturated carbocycles. The SMILES string of the molecule is COC(=O)[C@@]12C[C@H](CN1)C2(C)C. The fourth-order valence-electron chi connectivity index (χ4n) is 2.62. The number of carbonyl (C=O) groups excluding carboxylic acids is 1. The number of esters is 1. The van der Waals surface area contributed by atoms with Crippen LogP contribution in [0.2, 0.25) is 0 Å². The molecule has 3 fully saturated rings. The van der Waals surface area contributed by atoms with Crippen molar-refractivity contribution >= 4 is 5.97 Å². The van der Waals surface area contributed by atoms with E-state index in [1.54, 1.807) is 0 Å². The van der Waals surface area contributed by atoms with Gasteiger partial charge in [-0.1, -0.05) is 13.8 Å². The predicted molar refractivity (Wildman–Crippen MR) is 44.6 cm³/mol. The van der Waals surface area contributed by atoms with Crippen molar-refractivity contribution in [2.75, 3.05) is 13.7 Å². The fraction of sp³-hybridized carbons (Fsp3) is 0.889. The van der Waals surface area contributed by atoms with Crippen LogP contribution in [-0.4, -0.2) is 25.2 Å². The predicted octanol–water partition coefficient (Wildman–Crippen LogP) is 0.547. The number of fused-ring (bicyclic) bond motifs is 1. The monoisotopic (exact) mass is 169 g/mol. The van der Waals surface area contributed by atoms with E-state index in [0.717, 1.165) is 13.0 Å². The highest BCUT2D eigenvalue weighted by atomic mass is 16.5. The van der Waals surface area contributed by atoms with Gasteiger partial charge in [0.2, 0.25) is 0 Å². The van der Waals surface area contributed by atoms with Crippen LogP contribution >= 0.6 is 0 Å². The van der Waals surface area contributed by atoms with Gasteiger partial charge >= 0.3 is 5.97 Å². The molecule has 2 saturated heterocycles. The maximum absolute atomic E-state index is 11.5. The summed E-state index contributed by atoms with van der Waals surface area (Å²) < 4.78 is 4.81. The van der Waals surface area contributed by atoms with Gasteiger partial charge in [-0.15, -0.1) is 0 Å². The summed E-state index contributed by atoms with van der Waals surface area (Å²) in [5.74, 6) is 0.554. The lowest BCUT2D eigenvalue weighted by atomic mass is 9.53. The molecule has 3 aliphatic rings. The average Bonchev–Trinajstić information content (AvgIpc) is 2.58. The van der Waals surface area contributed by atoms with Gasteiger partial charge in [0.15, 0.2) is 0 Å². The van der Waals surface area contributed by atoms with Gasteiger partial charge < -0.3 is 10.1 Å². The number of ether oxygens (including phenoxy) is 1. The molecule has 3 heteroatoms. The third kappa shape index (κ3) is 0.600. The lowest BCUT2D eigenvalue weighted by Crippen LogP contribution is -2.64. The van der Waals surface area contributed by atoms with E-state index in [1.165, 1.54) is 7.11 Å². The largest absolute Gasteiger partial charge is 0.468 e. The van der Waals surface area contributed by atoms with Crippen molar-refractivity contribution in [2.24, 2.45) is 11.3 Å². The summed E-state index contributed by atoms with van der Waals surface area (Å²) in [5, 5.41) is 3.27. The Labute approximate surface area is 72.5 Å². The van der Waals surface area contributed by atoms with E-state index in [1.807, 2.05) is 0 Å². The lowest BCUT2D eigenvalue weighted by Gasteiger charge is -2.51. The molecule has 2 aliphatic heterocycles. The van der Waals surface area contributed by atoms with Gasteiger partial charge in [-0.2, -0.15) is 0 Å². The Bertz CT molecular complexity index is 233. The average molecular weight is 169 g/mol. The van der Waals surface area contributed by atoms with E-state index < -0.39 is 0 Å². The maximum Gasteiger partial charge on any atom is 0.326 e. The lowest BCUT2D eigenvalue weighted by molar-refractivity contribution is -0.161. The van der Waals surface area contributed by atoms with Crippen LogP contribution in [0.4, 0.5) is 0 Å². The third-order valence-corrected chi connectivity index (χ3v) is 3.86. The molecule has 0 spiro atoms. The van der Waals surface area contributed by atoms with Gasteiger partial charge in [0.05, 0.1) is 7.11 Å². The molecular weight excluding hydrogens is 154 g/mol. The van der Waals surface area contributed by atoms with E-state index in [9.17, 15) is 4.79 Å². The zero-order chi connectivity index (χ0) is 8.98. The van der Waals surface area contributed by atoms with E-state index in [-0.39, 0.29) is 16.9 Å². The number of hydrogen-bond acceptors (Lipinski definition) is 3. The summed E-state index contributed by atoms with van der Waals surface area (Å²) in [6, 6.07) is 0. The smallest absolute Gasteiger partial charge is 0.326 e. The molecule has 2 heterocycles. The van der Waals surface area contributed by atoms with Gasteiger partial charge in [-0.05, 0) is 24.3 Å². The first-order valence-electron chi connectivity index (χ1n) is 4.38. The molecule has 2 atom stereocenters. The quantitative estimate of drug-likeness (QED) is 0.582. The molecule has 68 valence electrons. The Morgan fingerprint density at radius 2 is 2.25 bits per heavy atom. The van der Waals surface area contributed by atoms with Crippen molar-refractivity contribution in [3.05, 3.63) is 0 Å². The fourth-order valence-corrected chi connectivity index (χ4v) is 2.62. The van der Waals surface area contributed by atoms with Gasteiger partial charge in [0.25, 0.3) is 0 Å². The Hall–Kier alpha value is -0.570. The molecule has 0 radical (unpaired) electrons. The van der Waals surface area contributed by atoms with Gasteiger partial charge in [-0.3, -0.25) is 4.79 Å². The minimum atomic E-state index is -0.369. The van der Waals surface area contributed by atoms with Crippen molar-refractivity contribution in [3.8, 4) is 0 Å². The van der Waals surface area contributed by atoms with Gasteiger partial charge in [0, 0.05) is 0 Å². The van der Waals surface area contributed by atoms with Crippen molar-refractivity contribution in [1.82, 2.24) is 5.32 Å². The van der Waals surface area contributed by atoms with Crippen LogP contribution in [0.3, 0.4) is 0 Å². The molecule has 0 aromatic rings. The van der Waals surface area contributed by atoms with Crippen molar-refractivity contribution < 1.29 is 9.53 Å². The highest BCUT2D eigenvalue weighted by Gasteiger charge is 2.69. The highest BCUT2D eigenvalue weighted by molar-refractivity contribution is 5.84. The summed E-state index contributed by atoms with van der Waals surface area (Å²) >= 11 is 0. The van der Waals surface area contributed by atoms with Crippen molar-refractivity contribution in [1.29, 1.82) is 0 Å². The molecule has 3 nitrogen and oxygen atoms in total. The van der Waals surface area contributed by atoms with Gasteiger partial charge in [-0.25, -0.2) is 0 Å². The Balaban J connectivity index is 2.29. The molecule has 0 aromatic carbocycles. The first kappa shape index (κ1) is 8.05. The molecule has 0 unspecified atom stereocenters. The van der Waals surface area contributed by atoms with E-state index >= 15 is 0 Å². The number of carbonyl (C=O) groups is 1. The second kappa shape index (κ2) is 2.02. The zero-order valence-electron chi connectivity index (χ0n) is 7.81. The van der Waals surface area contributed by atoms with Crippen LogP contribution < -0.4 is 5.32 Å². The molecule has 3 rings (SSSR count). The topological polar surface area (TPSA) is 38.3 Å². The maximum atomic E-state index is 11.5. The normalized spacial score (nSPS) is 42.1. The molecular formula is C9H15NO2. The molecule has 0 aromatic heterocycles. The summed E-state index contributed by atoms with van der Waals surface area (Å²) in [4.78, 5) is 11.5. The molecule has 2 bridgehead atoms. The second-order valence-corrected chi connectivity index (χ2v) is 4.40. The summed E-state index contributed by atoms with van der Waals surface area (Å²) in [6.45, 7) is 5.23. The minimum Gasteiger partial charge on any atom is -0.468 e. The van der Waals surface area contributed by atoms with Gasteiger partial charge in [0.1, 0.15) is 5.54 Å². The van der Waals surface area contributed by atoms with Crippen molar-refractivity contribution in [2.45, 2.75) is 25.8 Å². The molecule has 1 aliphatic carbocycles. The summed E-state index contributed by atoms with van der Waals surface area (Å²) in [5.41, 5.74) is -0.285. The first-order chi connectivity index (χ1) is 5.54. The molecule has 1 N–H and O–H groups in total. The van der Waals surface area contributed by atoms with Crippen LogP contribution in [-0.2, 0) is 9.53 Å². The number of nitrogens with one attached hydrogen (secondary N) is 1. The molecule has 12 heavy (non-hydrogen) atoms. The highest BCUT2D eigenvalue weighted by Crippen LogP contribution is 2.58. The number of rotatable bonds is 1. The van der Waals surface area contributed by atoms with Crippen LogP contribution in [0.25, 0.3) is 0 Å². The summed E-state index contributed by atoms with van der Waals surface area (Å²) in [6.07, 6.45) is 0.951. The standard InChI is InChI=1S/C9H15NO2/c1-8(2)6-4-9(8,10-5-6)7(11)12-3/h6,10H,4-5H2,1-3H3/t6-,9-/m1/s1. The van der Waals surface area contributed by atoms with Crippen LogP contribution in [0.5, 0.6) is 0 Å². The number of hydrogen-bond donors (Lipinski definition) is 1. The number of methoxy groups -OCH3 is 1. The van der Waals surface area contributed by atoms with Crippen LogP contribution in [0.15, 0.2) is 0 Å². The molecule has 0 amide bonds. The van der Waals surface area contributed by atoms with Crippen LogP contribution in [0.1, 0.15) is 20.3 Å². The first-order valence-corrected chi connectivity index (χ1v) is 4.38. The Kier molecular flexibility index (Phi) is 1.35. The Morgan fingerprint density at radius 1 is 1.58 bits per heavy atom. The second-order valence-electron chi connectivity index (χ2n) is 4.40. The third-order valence-electron chi connectivity index (χ3n) is 3.86. The van der Waals surface area contributed by atoms with E-state index in [0.29, 0.717) is 5.92 Å². The van der Waals surface area contributed by atoms with E-state index in [2.05, 4.69) is 19.2 Å². The zero-order valence-corrected chi connectivity index (χ0v) is 7.81. The van der Waals surface area contributed by atoms with Crippen molar-refractivity contribution in [3.63, 3.8) is 0 Å². The van der Waals surface area contributed by atoms with E-state index in [4.69, 9.17) is 4.74 Å². The Morgan fingerprint density at radius 3 is 2.58 bits per heavy atom.